The highest BCUT2D eigenvalue weighted by molar-refractivity contribution is 6.14. The number of aryl methyl sites for hydroxylation is 2. The van der Waals surface area contributed by atoms with Crippen LogP contribution in [0.1, 0.15) is 28.7 Å². The Kier molecular flexibility index (Phi) is 4.98. The molecular weight excluding hydrogens is 436 g/mol. The molecule has 1 spiro atoms. The summed E-state index contributed by atoms with van der Waals surface area (Å²) in [6.07, 6.45) is -0.113. The number of anilines is 1. The molecule has 3 aliphatic rings. The molecule has 4 atom stereocenters. The van der Waals surface area contributed by atoms with E-state index in [0.29, 0.717) is 22.6 Å². The highest BCUT2D eigenvalue weighted by atomic mass is 16.5. The molecule has 3 heterocycles. The lowest BCUT2D eigenvalue weighted by atomic mass is 9.76. The summed E-state index contributed by atoms with van der Waals surface area (Å²) in [7, 11) is 1.53. The highest BCUT2D eigenvalue weighted by Crippen LogP contribution is 2.50. The molecule has 0 aromatic heterocycles. The zero-order chi connectivity index (χ0) is 24.4. The van der Waals surface area contributed by atoms with Gasteiger partial charge in [0.15, 0.2) is 0 Å². The van der Waals surface area contributed by atoms with Crippen LogP contribution in [0.15, 0.2) is 36.4 Å². The first-order valence-electron chi connectivity index (χ1n) is 11.2. The van der Waals surface area contributed by atoms with Crippen LogP contribution in [-0.2, 0) is 31.3 Å². The maximum Gasteiger partial charge on any atom is 0.291 e. The molecule has 2 fully saturated rings. The lowest BCUT2D eigenvalue weighted by Crippen LogP contribution is -2.99. The number of carbonyl (C=O) groups is 4. The molecule has 9 nitrogen and oxygen atoms in total. The summed E-state index contributed by atoms with van der Waals surface area (Å²) >= 11 is 0. The molecule has 2 aromatic rings. The third kappa shape index (κ3) is 2.96. The van der Waals surface area contributed by atoms with Crippen molar-refractivity contribution in [1.82, 2.24) is 4.90 Å². The summed E-state index contributed by atoms with van der Waals surface area (Å²) < 4.78 is 5.40. The number of methoxy groups -OCH3 is 1. The smallest absolute Gasteiger partial charge is 0.291 e. The number of carbonyl (C=O) groups excluding carboxylic acids is 4. The minimum atomic E-state index is -1.33. The quantitative estimate of drug-likeness (QED) is 0.540. The van der Waals surface area contributed by atoms with Gasteiger partial charge in [-0.25, -0.2) is 0 Å². The molecule has 0 saturated carbocycles. The van der Waals surface area contributed by atoms with E-state index in [1.165, 1.54) is 12.0 Å². The lowest BCUT2D eigenvalue weighted by molar-refractivity contribution is -0.732. The second-order valence-electron chi connectivity index (χ2n) is 9.41. The van der Waals surface area contributed by atoms with Gasteiger partial charge < -0.3 is 21.1 Å². The molecule has 0 bridgehead atoms. The first kappa shape index (κ1) is 22.1. The van der Waals surface area contributed by atoms with Gasteiger partial charge in [0.05, 0.1) is 25.8 Å². The van der Waals surface area contributed by atoms with Gasteiger partial charge in [-0.05, 0) is 31.5 Å². The van der Waals surface area contributed by atoms with Crippen molar-refractivity contribution in [2.24, 2.45) is 17.6 Å². The van der Waals surface area contributed by atoms with E-state index in [1.54, 1.807) is 23.5 Å². The molecule has 0 unspecified atom stereocenters. The molecule has 2 saturated heterocycles. The first-order valence-corrected chi connectivity index (χ1v) is 11.2. The normalized spacial score (nSPS) is 27.2. The number of ether oxygens (including phenoxy) is 1. The number of benzene rings is 2. The van der Waals surface area contributed by atoms with E-state index >= 15 is 0 Å². The number of fused-ring (bicyclic) bond motifs is 4. The van der Waals surface area contributed by atoms with Gasteiger partial charge in [-0.2, -0.15) is 0 Å². The zero-order valence-corrected chi connectivity index (χ0v) is 19.3. The standard InChI is InChI=1S/C25H26N4O5/c1-12-8-13(2)21-15(9-12)25(24(33)27-21)20-19(16(28-25)10-18(26)30)22(31)29(23(20)32)11-14-6-4-5-7-17(14)34-3/h4-9,16,19-20,28H,10-11H2,1-3H3,(H2,26,30)(H,27,33)/p+1/t16-,19-,20+,25-/m1/s1. The Labute approximate surface area is 196 Å². The summed E-state index contributed by atoms with van der Waals surface area (Å²) in [4.78, 5) is 54.2. The SMILES string of the molecule is COc1ccccc1CN1C(=O)[C@H]2[C@@H](C1=O)[C@@]1([NH2+][C@@H]2CC(N)=O)C(=O)Nc2c(C)cc(C)cc21. The molecule has 0 aliphatic carbocycles. The van der Waals surface area contributed by atoms with E-state index in [9.17, 15) is 19.2 Å². The number of para-hydroxylation sites is 1. The van der Waals surface area contributed by atoms with E-state index in [1.807, 2.05) is 32.0 Å². The summed E-state index contributed by atoms with van der Waals surface area (Å²) in [6.45, 7) is 3.84. The van der Waals surface area contributed by atoms with E-state index in [0.717, 1.165) is 11.1 Å². The molecule has 5 rings (SSSR count). The van der Waals surface area contributed by atoms with E-state index in [4.69, 9.17) is 10.5 Å². The summed E-state index contributed by atoms with van der Waals surface area (Å²) in [6, 6.07) is 10.4. The zero-order valence-electron chi connectivity index (χ0n) is 19.3. The Bertz CT molecular complexity index is 1260. The van der Waals surface area contributed by atoms with Crippen LogP contribution in [0.3, 0.4) is 0 Å². The van der Waals surface area contributed by atoms with E-state index in [2.05, 4.69) is 5.32 Å². The molecule has 3 aliphatic heterocycles. The van der Waals surface area contributed by atoms with Crippen molar-refractivity contribution in [3.8, 4) is 5.75 Å². The van der Waals surface area contributed by atoms with Crippen molar-refractivity contribution in [3.63, 3.8) is 0 Å². The van der Waals surface area contributed by atoms with Crippen molar-refractivity contribution in [2.45, 2.75) is 38.4 Å². The van der Waals surface area contributed by atoms with Gasteiger partial charge >= 0.3 is 0 Å². The summed E-state index contributed by atoms with van der Waals surface area (Å²) in [5, 5.41) is 4.67. The third-order valence-corrected chi connectivity index (χ3v) is 7.37. The first-order chi connectivity index (χ1) is 16.2. The van der Waals surface area contributed by atoms with Gasteiger partial charge in [-0.3, -0.25) is 24.1 Å². The van der Waals surface area contributed by atoms with Gasteiger partial charge in [0.2, 0.25) is 23.3 Å². The Morgan fingerprint density at radius 2 is 1.91 bits per heavy atom. The summed E-state index contributed by atoms with van der Waals surface area (Å²) in [5.41, 5.74) is 8.02. The maximum atomic E-state index is 13.9. The topological polar surface area (TPSA) is 135 Å². The number of nitrogens with zero attached hydrogens (tertiary/aromatic N) is 1. The van der Waals surface area contributed by atoms with Gasteiger partial charge in [-0.15, -0.1) is 0 Å². The summed E-state index contributed by atoms with van der Waals surface area (Å²) in [5.74, 6) is -2.98. The van der Waals surface area contributed by atoms with Crippen LogP contribution >= 0.6 is 0 Å². The molecule has 34 heavy (non-hydrogen) atoms. The molecule has 2 aromatic carbocycles. The minimum Gasteiger partial charge on any atom is -0.496 e. The van der Waals surface area contributed by atoms with Gasteiger partial charge in [0.25, 0.3) is 5.91 Å². The number of nitrogens with two attached hydrogens (primary N) is 2. The average molecular weight is 464 g/mol. The van der Waals surface area contributed by atoms with Gasteiger partial charge in [-0.1, -0.05) is 29.8 Å². The average Bonchev–Trinajstić information content (AvgIpc) is 3.35. The van der Waals surface area contributed by atoms with E-state index < -0.39 is 41.1 Å². The lowest BCUT2D eigenvalue weighted by Gasteiger charge is -2.26. The number of nitrogens with one attached hydrogen (secondary N) is 1. The molecule has 5 N–H and O–H groups in total. The van der Waals surface area contributed by atoms with Crippen molar-refractivity contribution in [3.05, 3.63) is 58.7 Å². The number of likely N-dealkylation sites (tertiary alicyclic amines) is 1. The Balaban J connectivity index is 1.63. The van der Waals surface area contributed by atoms with Crippen molar-refractivity contribution in [1.29, 1.82) is 0 Å². The molecule has 4 amide bonds. The number of hydrogen-bond donors (Lipinski definition) is 3. The molecule has 9 heteroatoms. The number of rotatable bonds is 5. The Morgan fingerprint density at radius 1 is 1.18 bits per heavy atom. The van der Waals surface area contributed by atoms with Crippen LogP contribution in [0.25, 0.3) is 0 Å². The fraction of sp³-hybridized carbons (Fsp3) is 0.360. The highest BCUT2D eigenvalue weighted by Gasteiger charge is 2.74. The minimum absolute atomic E-state index is 0.0232. The number of hydrogen-bond acceptors (Lipinski definition) is 5. The van der Waals surface area contributed by atoms with Gasteiger partial charge in [0, 0.05) is 11.1 Å². The van der Waals surface area contributed by atoms with Crippen molar-refractivity contribution >= 4 is 29.3 Å². The molecular formula is C25H27N4O5+. The monoisotopic (exact) mass is 463 g/mol. The van der Waals surface area contributed by atoms with Gasteiger partial charge in [0.1, 0.15) is 23.6 Å². The fourth-order valence-corrected chi connectivity index (χ4v) is 6.06. The predicted molar refractivity (Wildman–Crippen MR) is 121 cm³/mol. The number of primary amides is 1. The molecule has 176 valence electrons. The van der Waals surface area contributed by atoms with Crippen LogP contribution < -0.4 is 21.1 Å². The van der Waals surface area contributed by atoms with Crippen molar-refractivity contribution in [2.75, 3.05) is 12.4 Å². The molecule has 0 radical (unpaired) electrons. The van der Waals surface area contributed by atoms with Crippen LogP contribution in [0, 0.1) is 25.7 Å². The van der Waals surface area contributed by atoms with Crippen LogP contribution in [-0.4, -0.2) is 41.7 Å². The second-order valence-corrected chi connectivity index (χ2v) is 9.41. The Morgan fingerprint density at radius 3 is 2.62 bits per heavy atom. The number of quaternary nitrogens is 1. The van der Waals surface area contributed by atoms with Crippen molar-refractivity contribution < 1.29 is 29.2 Å². The Hall–Kier alpha value is -3.72. The fourth-order valence-electron chi connectivity index (χ4n) is 6.06. The van der Waals surface area contributed by atoms with E-state index in [-0.39, 0.29) is 18.9 Å². The third-order valence-electron chi connectivity index (χ3n) is 7.37. The second kappa shape index (κ2) is 7.66. The number of imide groups is 1. The van der Waals surface area contributed by atoms with Crippen LogP contribution in [0.5, 0.6) is 5.75 Å². The number of amides is 4. The predicted octanol–water partition coefficient (Wildman–Crippen LogP) is 0.0818. The van der Waals surface area contributed by atoms with Crippen LogP contribution in [0.2, 0.25) is 0 Å². The van der Waals surface area contributed by atoms with Crippen LogP contribution in [0.4, 0.5) is 5.69 Å². The largest absolute Gasteiger partial charge is 0.496 e. The maximum absolute atomic E-state index is 13.9.